The summed E-state index contributed by atoms with van der Waals surface area (Å²) in [6.45, 7) is 4.40. The van der Waals surface area contributed by atoms with E-state index in [4.69, 9.17) is 15.0 Å². The molecule has 0 atom stereocenters. The summed E-state index contributed by atoms with van der Waals surface area (Å²) in [6, 6.07) is 4.81. The zero-order valence-electron chi connectivity index (χ0n) is 16.2. The van der Waals surface area contributed by atoms with Crippen LogP contribution < -0.4 is 5.73 Å². The van der Waals surface area contributed by atoms with Crippen LogP contribution >= 0.6 is 0 Å². The Kier molecular flexibility index (Phi) is 7.11. The second kappa shape index (κ2) is 9.75. The normalized spacial score (nSPS) is 15.2. The van der Waals surface area contributed by atoms with Gasteiger partial charge in [-0.1, -0.05) is 17.3 Å². The maximum Gasteiger partial charge on any atom is 0.227 e. The van der Waals surface area contributed by atoms with Crippen molar-refractivity contribution >= 4 is 5.91 Å². The number of nitrogens with zero attached hydrogens (tertiary/aromatic N) is 3. The van der Waals surface area contributed by atoms with Crippen molar-refractivity contribution in [3.63, 3.8) is 0 Å². The zero-order valence-corrected chi connectivity index (χ0v) is 16.2. The molecule has 0 bridgehead atoms. The van der Waals surface area contributed by atoms with Gasteiger partial charge in [-0.15, -0.1) is 0 Å². The second-order valence-corrected chi connectivity index (χ2v) is 7.07. The van der Waals surface area contributed by atoms with Gasteiger partial charge in [0.2, 0.25) is 17.6 Å². The van der Waals surface area contributed by atoms with Crippen molar-refractivity contribution in [3.8, 4) is 11.4 Å². The maximum atomic E-state index is 13.7. The van der Waals surface area contributed by atoms with Gasteiger partial charge in [-0.25, -0.2) is 4.39 Å². The topological polar surface area (TPSA) is 94.5 Å². The quantitative estimate of drug-likeness (QED) is 0.696. The van der Waals surface area contributed by atoms with Crippen molar-refractivity contribution in [2.24, 2.45) is 5.73 Å². The van der Waals surface area contributed by atoms with Gasteiger partial charge in [0.15, 0.2) is 0 Å². The first-order valence-electron chi connectivity index (χ1n) is 9.75. The first-order valence-corrected chi connectivity index (χ1v) is 9.75. The summed E-state index contributed by atoms with van der Waals surface area (Å²) in [4.78, 5) is 18.6. The highest BCUT2D eigenvalue weighted by molar-refractivity contribution is 5.76. The van der Waals surface area contributed by atoms with Gasteiger partial charge in [0.1, 0.15) is 5.82 Å². The van der Waals surface area contributed by atoms with Crippen LogP contribution in [0.1, 0.15) is 37.1 Å². The van der Waals surface area contributed by atoms with Crippen LogP contribution in [0.2, 0.25) is 0 Å². The molecule has 152 valence electrons. The van der Waals surface area contributed by atoms with E-state index in [1.54, 1.807) is 19.1 Å². The minimum absolute atomic E-state index is 0.0709. The number of halogens is 1. The number of piperidine rings is 1. The molecule has 1 aromatic heterocycles. The van der Waals surface area contributed by atoms with Gasteiger partial charge < -0.3 is 19.9 Å². The predicted octanol–water partition coefficient (Wildman–Crippen LogP) is 2.47. The van der Waals surface area contributed by atoms with Crippen LogP contribution in [-0.2, 0) is 16.0 Å². The Morgan fingerprint density at radius 3 is 2.89 bits per heavy atom. The number of carbonyl (C=O) groups is 1. The van der Waals surface area contributed by atoms with Crippen LogP contribution in [0.15, 0.2) is 22.7 Å². The number of rotatable bonds is 8. The Labute approximate surface area is 164 Å². The van der Waals surface area contributed by atoms with E-state index in [0.29, 0.717) is 61.9 Å². The molecule has 2 N–H and O–H groups in total. The third kappa shape index (κ3) is 5.36. The predicted molar refractivity (Wildman–Crippen MR) is 102 cm³/mol. The number of ether oxygens (including phenoxy) is 1. The Hall–Kier alpha value is -2.32. The fourth-order valence-electron chi connectivity index (χ4n) is 3.18. The number of aromatic nitrogens is 2. The van der Waals surface area contributed by atoms with Crippen LogP contribution in [-0.4, -0.2) is 53.3 Å². The Morgan fingerprint density at radius 2 is 2.18 bits per heavy atom. The standard InChI is InChI=1S/C20H27FN4O3/c1-14-3-4-15(13-17(14)21)20-23-18(28-24-20)5-6-19(26)25-10-7-16(8-11-25)27-12-2-9-22/h3-4,13,16H,2,5-12,22H2,1H3. The van der Waals surface area contributed by atoms with Crippen molar-refractivity contribution in [1.82, 2.24) is 15.0 Å². The molecule has 2 heterocycles. The molecule has 0 unspecified atom stereocenters. The van der Waals surface area contributed by atoms with Gasteiger partial charge in [-0.2, -0.15) is 4.98 Å². The molecule has 1 aromatic carbocycles. The van der Waals surface area contributed by atoms with E-state index >= 15 is 0 Å². The van der Waals surface area contributed by atoms with Crippen LogP contribution in [0.25, 0.3) is 11.4 Å². The smallest absolute Gasteiger partial charge is 0.227 e. The number of aryl methyl sites for hydroxylation is 2. The molecule has 3 rings (SSSR count). The molecule has 1 saturated heterocycles. The molecule has 2 aromatic rings. The van der Waals surface area contributed by atoms with Gasteiger partial charge in [0.25, 0.3) is 0 Å². The minimum atomic E-state index is -0.311. The average Bonchev–Trinajstić information content (AvgIpc) is 3.18. The highest BCUT2D eigenvalue weighted by atomic mass is 19.1. The molecule has 1 fully saturated rings. The van der Waals surface area contributed by atoms with Crippen LogP contribution in [0.5, 0.6) is 0 Å². The molecule has 1 amide bonds. The maximum absolute atomic E-state index is 13.7. The van der Waals surface area contributed by atoms with Crippen LogP contribution in [0.4, 0.5) is 4.39 Å². The summed E-state index contributed by atoms with van der Waals surface area (Å²) < 4.78 is 24.7. The largest absolute Gasteiger partial charge is 0.378 e. The fraction of sp³-hybridized carbons (Fsp3) is 0.550. The van der Waals surface area contributed by atoms with Crippen molar-refractivity contribution in [3.05, 3.63) is 35.5 Å². The molecule has 7 nitrogen and oxygen atoms in total. The van der Waals surface area contributed by atoms with Gasteiger partial charge in [-0.05, 0) is 44.4 Å². The number of hydrogen-bond donors (Lipinski definition) is 1. The first kappa shape index (κ1) is 20.4. The van der Waals surface area contributed by atoms with Crippen LogP contribution in [0, 0.1) is 12.7 Å². The monoisotopic (exact) mass is 390 g/mol. The Balaban J connectivity index is 1.45. The summed E-state index contributed by atoms with van der Waals surface area (Å²) in [7, 11) is 0. The third-order valence-electron chi connectivity index (χ3n) is 4.95. The molecule has 1 aliphatic rings. The van der Waals surface area contributed by atoms with Crippen molar-refractivity contribution in [1.29, 1.82) is 0 Å². The van der Waals surface area contributed by atoms with Gasteiger partial charge in [-0.3, -0.25) is 4.79 Å². The lowest BCUT2D eigenvalue weighted by Crippen LogP contribution is -2.41. The number of benzene rings is 1. The van der Waals surface area contributed by atoms with Crippen molar-refractivity contribution in [2.45, 2.75) is 45.1 Å². The van der Waals surface area contributed by atoms with Crippen molar-refractivity contribution in [2.75, 3.05) is 26.2 Å². The molecule has 0 spiro atoms. The van der Waals surface area contributed by atoms with E-state index in [9.17, 15) is 9.18 Å². The summed E-state index contributed by atoms with van der Waals surface area (Å²) in [6.07, 6.45) is 3.44. The van der Waals surface area contributed by atoms with E-state index in [0.717, 1.165) is 19.3 Å². The van der Waals surface area contributed by atoms with E-state index in [2.05, 4.69) is 10.1 Å². The molecule has 0 saturated carbocycles. The lowest BCUT2D eigenvalue weighted by molar-refractivity contribution is -0.133. The van der Waals surface area contributed by atoms with Gasteiger partial charge >= 0.3 is 0 Å². The fourth-order valence-corrected chi connectivity index (χ4v) is 3.18. The SMILES string of the molecule is Cc1ccc(-c2noc(CCC(=O)N3CCC(OCCCN)CC3)n2)cc1F. The molecule has 0 aliphatic carbocycles. The number of hydrogen-bond acceptors (Lipinski definition) is 6. The van der Waals surface area contributed by atoms with E-state index < -0.39 is 0 Å². The summed E-state index contributed by atoms with van der Waals surface area (Å²) >= 11 is 0. The zero-order chi connectivity index (χ0) is 19.9. The van der Waals surface area contributed by atoms with E-state index in [1.807, 2.05) is 4.90 Å². The first-order chi connectivity index (χ1) is 13.6. The number of amides is 1. The number of nitrogens with two attached hydrogens (primary N) is 1. The highest BCUT2D eigenvalue weighted by Crippen LogP contribution is 2.20. The molecular formula is C20H27FN4O3. The molecule has 0 radical (unpaired) electrons. The molecule has 28 heavy (non-hydrogen) atoms. The number of carbonyl (C=O) groups excluding carboxylic acids is 1. The van der Waals surface area contributed by atoms with E-state index in [-0.39, 0.29) is 17.8 Å². The summed E-state index contributed by atoms with van der Waals surface area (Å²) in [5.74, 6) is 0.470. The minimum Gasteiger partial charge on any atom is -0.378 e. The molecule has 1 aliphatic heterocycles. The Bertz CT molecular complexity index is 788. The lowest BCUT2D eigenvalue weighted by Gasteiger charge is -2.32. The van der Waals surface area contributed by atoms with Crippen molar-refractivity contribution < 1.29 is 18.4 Å². The summed E-state index contributed by atoms with van der Waals surface area (Å²) in [5.41, 5.74) is 6.59. The lowest BCUT2D eigenvalue weighted by atomic mass is 10.1. The molecule has 8 heteroatoms. The van der Waals surface area contributed by atoms with E-state index in [1.165, 1.54) is 6.07 Å². The third-order valence-corrected chi connectivity index (χ3v) is 4.95. The second-order valence-electron chi connectivity index (χ2n) is 7.07. The number of likely N-dealkylation sites (tertiary alicyclic amines) is 1. The van der Waals surface area contributed by atoms with Gasteiger partial charge in [0.05, 0.1) is 6.10 Å². The average molecular weight is 390 g/mol. The molecular weight excluding hydrogens is 363 g/mol. The van der Waals surface area contributed by atoms with Gasteiger partial charge in [0, 0.05) is 38.1 Å². The van der Waals surface area contributed by atoms with Crippen LogP contribution in [0.3, 0.4) is 0 Å². The highest BCUT2D eigenvalue weighted by Gasteiger charge is 2.23. The Morgan fingerprint density at radius 1 is 1.39 bits per heavy atom. The summed E-state index contributed by atoms with van der Waals surface area (Å²) in [5, 5.41) is 3.89.